The van der Waals surface area contributed by atoms with Crippen LogP contribution in [-0.4, -0.2) is 21.5 Å². The Bertz CT molecular complexity index is 674. The fourth-order valence-corrected chi connectivity index (χ4v) is 1.94. The molecule has 0 aromatic carbocycles. The zero-order valence-electron chi connectivity index (χ0n) is 11.8. The number of carbonyl (C=O) groups excluding carboxylic acids is 1. The zero-order valence-corrected chi connectivity index (χ0v) is 12.5. The number of esters is 1. The summed E-state index contributed by atoms with van der Waals surface area (Å²) in [5.41, 5.74) is 5.76. The van der Waals surface area contributed by atoms with Gasteiger partial charge in [0.05, 0.1) is 11.3 Å². The minimum Gasteiger partial charge on any atom is -0.456 e. The molecule has 0 radical (unpaired) electrons. The molecule has 2 aromatic rings. The molecule has 2 N–H and O–H groups in total. The molecule has 7 heteroatoms. The van der Waals surface area contributed by atoms with Crippen molar-refractivity contribution in [1.29, 1.82) is 0 Å². The number of anilines is 1. The van der Waals surface area contributed by atoms with E-state index in [1.165, 1.54) is 0 Å². The third-order valence-corrected chi connectivity index (χ3v) is 2.76. The van der Waals surface area contributed by atoms with Crippen molar-refractivity contribution in [1.82, 2.24) is 9.97 Å². The summed E-state index contributed by atoms with van der Waals surface area (Å²) in [5, 5.41) is 0.366. The van der Waals surface area contributed by atoms with Crippen molar-refractivity contribution >= 4 is 34.5 Å². The fraction of sp³-hybridized carbons (Fsp3) is 0.462. The summed E-state index contributed by atoms with van der Waals surface area (Å²) in [4.78, 5) is 20.4. The number of fused-ring (bicyclic) bond motifs is 1. The largest absolute Gasteiger partial charge is 0.456 e. The Kier molecular flexibility index (Phi) is 3.60. The van der Waals surface area contributed by atoms with Crippen molar-refractivity contribution in [3.05, 3.63) is 17.1 Å². The van der Waals surface area contributed by atoms with Gasteiger partial charge in [-0.1, -0.05) is 0 Å². The van der Waals surface area contributed by atoms with Crippen LogP contribution in [0.4, 0.5) is 5.82 Å². The van der Waals surface area contributed by atoms with Crippen molar-refractivity contribution in [2.24, 2.45) is 0 Å². The maximum absolute atomic E-state index is 12.2. The second kappa shape index (κ2) is 4.94. The molecule has 2 heterocycles. The van der Waals surface area contributed by atoms with Crippen LogP contribution < -0.4 is 5.73 Å². The summed E-state index contributed by atoms with van der Waals surface area (Å²) >= 11 is 5.68. The number of furan rings is 1. The standard InChI is InChI=1S/C13H16ClN3O3/c1-6-8(12(18)20-13(2,3)4)9-10(15)16-7(5-14)17-11(9)19-6/h5H2,1-4H3,(H2,15,16,17). The maximum atomic E-state index is 12.2. The van der Waals surface area contributed by atoms with Gasteiger partial charge in [-0.2, -0.15) is 4.98 Å². The van der Waals surface area contributed by atoms with Crippen LogP contribution in [0.5, 0.6) is 0 Å². The van der Waals surface area contributed by atoms with E-state index < -0.39 is 11.6 Å². The van der Waals surface area contributed by atoms with Gasteiger partial charge >= 0.3 is 5.97 Å². The Morgan fingerprint density at radius 2 is 2.05 bits per heavy atom. The van der Waals surface area contributed by atoms with Crippen molar-refractivity contribution in [3.63, 3.8) is 0 Å². The van der Waals surface area contributed by atoms with Gasteiger partial charge in [0.15, 0.2) is 0 Å². The van der Waals surface area contributed by atoms with Crippen LogP contribution in [0.3, 0.4) is 0 Å². The number of nitrogens with two attached hydrogens (primary N) is 1. The second-order valence-electron chi connectivity index (χ2n) is 5.37. The van der Waals surface area contributed by atoms with Crippen LogP contribution >= 0.6 is 11.6 Å². The number of halogens is 1. The first-order valence-electron chi connectivity index (χ1n) is 6.07. The molecule has 0 unspecified atom stereocenters. The SMILES string of the molecule is Cc1oc2nc(CCl)nc(N)c2c1C(=O)OC(C)(C)C. The topological polar surface area (TPSA) is 91.2 Å². The quantitative estimate of drug-likeness (QED) is 0.677. The monoisotopic (exact) mass is 297 g/mol. The van der Waals surface area contributed by atoms with E-state index in [1.54, 1.807) is 27.7 Å². The van der Waals surface area contributed by atoms with E-state index >= 15 is 0 Å². The summed E-state index contributed by atoms with van der Waals surface area (Å²) < 4.78 is 10.8. The Morgan fingerprint density at radius 1 is 1.40 bits per heavy atom. The first kappa shape index (κ1) is 14.6. The van der Waals surface area contributed by atoms with Crippen LogP contribution in [0.1, 0.15) is 42.7 Å². The minimum atomic E-state index is -0.612. The third-order valence-electron chi connectivity index (χ3n) is 2.52. The van der Waals surface area contributed by atoms with Gasteiger partial charge in [-0.3, -0.25) is 0 Å². The van der Waals surface area contributed by atoms with E-state index in [1.807, 2.05) is 0 Å². The van der Waals surface area contributed by atoms with Gasteiger partial charge < -0.3 is 14.9 Å². The van der Waals surface area contributed by atoms with E-state index in [4.69, 9.17) is 26.5 Å². The van der Waals surface area contributed by atoms with Gasteiger partial charge in [0.1, 0.15) is 28.6 Å². The summed E-state index contributed by atoms with van der Waals surface area (Å²) in [7, 11) is 0. The van der Waals surface area contributed by atoms with Gasteiger partial charge in [0, 0.05) is 0 Å². The van der Waals surface area contributed by atoms with Gasteiger partial charge in [-0.05, 0) is 27.7 Å². The number of nitrogen functional groups attached to an aromatic ring is 1. The summed E-state index contributed by atoms with van der Waals surface area (Å²) in [6, 6.07) is 0. The number of hydrogen-bond acceptors (Lipinski definition) is 6. The maximum Gasteiger partial charge on any atom is 0.343 e. The van der Waals surface area contributed by atoms with E-state index in [-0.39, 0.29) is 23.0 Å². The van der Waals surface area contributed by atoms with Crippen LogP contribution in [-0.2, 0) is 10.6 Å². The Hall–Kier alpha value is -1.82. The first-order valence-corrected chi connectivity index (χ1v) is 6.61. The first-order chi connectivity index (χ1) is 9.23. The average Bonchev–Trinajstić information content (AvgIpc) is 2.63. The molecule has 2 rings (SSSR count). The predicted molar refractivity (Wildman–Crippen MR) is 75.7 cm³/mol. The average molecular weight is 298 g/mol. The molecule has 20 heavy (non-hydrogen) atoms. The lowest BCUT2D eigenvalue weighted by Gasteiger charge is -2.19. The van der Waals surface area contributed by atoms with E-state index in [0.717, 1.165) is 0 Å². The minimum absolute atomic E-state index is 0.113. The highest BCUT2D eigenvalue weighted by Gasteiger charge is 2.27. The van der Waals surface area contributed by atoms with E-state index in [9.17, 15) is 4.79 Å². The molecule has 0 aliphatic heterocycles. The number of aryl methyl sites for hydroxylation is 1. The normalized spacial score (nSPS) is 11.8. The lowest BCUT2D eigenvalue weighted by Crippen LogP contribution is -2.24. The van der Waals surface area contributed by atoms with Crippen LogP contribution in [0.25, 0.3) is 11.1 Å². The summed E-state index contributed by atoms with van der Waals surface area (Å²) in [5.74, 6) is 0.496. The van der Waals surface area contributed by atoms with E-state index in [2.05, 4.69) is 9.97 Å². The van der Waals surface area contributed by atoms with Crippen molar-refractivity contribution in [2.75, 3.05) is 5.73 Å². The number of rotatable bonds is 2. The van der Waals surface area contributed by atoms with Crippen LogP contribution in [0.2, 0.25) is 0 Å². The molecule has 0 saturated heterocycles. The molecule has 0 spiro atoms. The van der Waals surface area contributed by atoms with E-state index in [0.29, 0.717) is 17.0 Å². The van der Waals surface area contributed by atoms with Gasteiger partial charge in [0.2, 0.25) is 5.71 Å². The van der Waals surface area contributed by atoms with Gasteiger partial charge in [0.25, 0.3) is 0 Å². The van der Waals surface area contributed by atoms with Gasteiger partial charge in [-0.15, -0.1) is 11.6 Å². The molecule has 0 fully saturated rings. The molecule has 0 amide bonds. The smallest absolute Gasteiger partial charge is 0.343 e. The number of aromatic nitrogens is 2. The highest BCUT2D eigenvalue weighted by molar-refractivity contribution is 6.17. The number of ether oxygens (including phenoxy) is 1. The van der Waals surface area contributed by atoms with Crippen molar-refractivity contribution < 1.29 is 13.9 Å². The number of carbonyl (C=O) groups is 1. The molecule has 0 atom stereocenters. The predicted octanol–water partition coefficient (Wildman–Crippen LogP) is 2.81. The van der Waals surface area contributed by atoms with Crippen LogP contribution in [0.15, 0.2) is 4.42 Å². The lowest BCUT2D eigenvalue weighted by molar-refractivity contribution is 0.00698. The van der Waals surface area contributed by atoms with Gasteiger partial charge in [-0.25, -0.2) is 9.78 Å². The highest BCUT2D eigenvalue weighted by atomic mass is 35.5. The third kappa shape index (κ3) is 2.70. The molecule has 6 nitrogen and oxygen atoms in total. The molecular formula is C13H16ClN3O3. The molecule has 2 aromatic heterocycles. The second-order valence-corrected chi connectivity index (χ2v) is 5.64. The Labute approximate surface area is 121 Å². The summed E-state index contributed by atoms with van der Waals surface area (Å²) in [6.07, 6.45) is 0. The number of nitrogens with zero attached hydrogens (tertiary/aromatic N) is 2. The Balaban J connectivity index is 2.59. The molecule has 0 aliphatic carbocycles. The molecule has 0 saturated carbocycles. The number of hydrogen-bond donors (Lipinski definition) is 1. The van der Waals surface area contributed by atoms with Crippen molar-refractivity contribution in [2.45, 2.75) is 39.2 Å². The molecular weight excluding hydrogens is 282 g/mol. The van der Waals surface area contributed by atoms with Crippen molar-refractivity contribution in [3.8, 4) is 0 Å². The molecule has 0 aliphatic rings. The fourth-order valence-electron chi connectivity index (χ4n) is 1.82. The van der Waals surface area contributed by atoms with Crippen LogP contribution in [0, 0.1) is 6.92 Å². The molecule has 108 valence electrons. The zero-order chi connectivity index (χ0) is 15.1. The summed E-state index contributed by atoms with van der Waals surface area (Å²) in [6.45, 7) is 7.01. The lowest BCUT2D eigenvalue weighted by atomic mass is 10.1. The molecule has 0 bridgehead atoms. The number of alkyl halides is 1. The highest BCUT2D eigenvalue weighted by Crippen LogP contribution is 2.30. The Morgan fingerprint density at radius 3 is 2.60 bits per heavy atom.